The Morgan fingerprint density at radius 1 is 1.05 bits per heavy atom. The van der Waals surface area contributed by atoms with Crippen LogP contribution in [-0.4, -0.2) is 7.11 Å². The van der Waals surface area contributed by atoms with Crippen molar-refractivity contribution in [2.75, 3.05) is 12.8 Å². The van der Waals surface area contributed by atoms with E-state index in [4.69, 9.17) is 15.2 Å². The second-order valence-corrected chi connectivity index (χ2v) is 4.62. The van der Waals surface area contributed by atoms with Gasteiger partial charge in [0.15, 0.2) is 0 Å². The summed E-state index contributed by atoms with van der Waals surface area (Å²) < 4.78 is 11.1. The van der Waals surface area contributed by atoms with Gasteiger partial charge in [0.05, 0.1) is 7.11 Å². The number of methoxy groups -OCH3 is 1. The Hall–Kier alpha value is -2.16. The number of benzene rings is 2. The third-order valence-electron chi connectivity index (χ3n) is 3.02. The van der Waals surface area contributed by atoms with Gasteiger partial charge in [-0.15, -0.1) is 0 Å². The third kappa shape index (κ3) is 3.19. The van der Waals surface area contributed by atoms with Gasteiger partial charge < -0.3 is 15.2 Å². The first-order chi connectivity index (χ1) is 9.10. The van der Waals surface area contributed by atoms with Gasteiger partial charge >= 0.3 is 0 Å². The molecular weight excluding hydrogens is 238 g/mol. The Bertz CT molecular complexity index is 559. The molecule has 0 saturated heterocycles. The van der Waals surface area contributed by atoms with Crippen LogP contribution in [0.25, 0.3) is 0 Å². The molecule has 0 fully saturated rings. The molecule has 2 aromatic carbocycles. The van der Waals surface area contributed by atoms with Crippen LogP contribution in [-0.2, 0) is 6.61 Å². The number of hydrogen-bond acceptors (Lipinski definition) is 3. The maximum atomic E-state index is 5.90. The molecule has 3 nitrogen and oxygen atoms in total. The van der Waals surface area contributed by atoms with Crippen molar-refractivity contribution in [3.05, 3.63) is 53.1 Å². The fourth-order valence-electron chi connectivity index (χ4n) is 2.07. The Morgan fingerprint density at radius 3 is 2.37 bits per heavy atom. The molecule has 0 saturated carbocycles. The van der Waals surface area contributed by atoms with Gasteiger partial charge in [-0.1, -0.05) is 18.2 Å². The number of anilines is 1. The highest BCUT2D eigenvalue weighted by atomic mass is 16.5. The van der Waals surface area contributed by atoms with E-state index in [0.29, 0.717) is 12.3 Å². The molecule has 0 spiro atoms. The predicted molar refractivity (Wildman–Crippen MR) is 77.7 cm³/mol. The summed E-state index contributed by atoms with van der Waals surface area (Å²) in [6.07, 6.45) is 0. The smallest absolute Gasteiger partial charge is 0.125 e. The molecule has 0 aliphatic heterocycles. The van der Waals surface area contributed by atoms with Crippen molar-refractivity contribution in [2.24, 2.45) is 0 Å². The van der Waals surface area contributed by atoms with Crippen LogP contribution >= 0.6 is 0 Å². The van der Waals surface area contributed by atoms with Crippen molar-refractivity contribution < 1.29 is 9.47 Å². The van der Waals surface area contributed by atoms with Crippen LogP contribution in [0.2, 0.25) is 0 Å². The van der Waals surface area contributed by atoms with Gasteiger partial charge in [0, 0.05) is 11.8 Å². The van der Waals surface area contributed by atoms with Crippen LogP contribution in [0.4, 0.5) is 5.69 Å². The molecule has 100 valence electrons. The molecule has 0 aliphatic rings. The van der Waals surface area contributed by atoms with Crippen molar-refractivity contribution in [3.63, 3.8) is 0 Å². The second kappa shape index (κ2) is 5.65. The highest BCUT2D eigenvalue weighted by molar-refractivity contribution is 5.47. The first kappa shape index (κ1) is 13.3. The molecule has 0 heterocycles. The minimum atomic E-state index is 0.479. The van der Waals surface area contributed by atoms with E-state index >= 15 is 0 Å². The Balaban J connectivity index is 2.16. The topological polar surface area (TPSA) is 44.5 Å². The van der Waals surface area contributed by atoms with Crippen LogP contribution in [0, 0.1) is 13.8 Å². The van der Waals surface area contributed by atoms with Crippen molar-refractivity contribution in [3.8, 4) is 11.5 Å². The SMILES string of the molecule is COc1cc(N)cc(COc2c(C)cccc2C)c1. The van der Waals surface area contributed by atoms with Gasteiger partial charge in [-0.3, -0.25) is 0 Å². The predicted octanol–water partition coefficient (Wildman–Crippen LogP) is 3.47. The number of nitrogens with two attached hydrogens (primary N) is 1. The molecular formula is C16H19NO2. The van der Waals surface area contributed by atoms with E-state index in [2.05, 4.69) is 0 Å². The van der Waals surface area contributed by atoms with Crippen molar-refractivity contribution in [1.82, 2.24) is 0 Å². The molecule has 0 bridgehead atoms. The minimum Gasteiger partial charge on any atom is -0.497 e. The lowest BCUT2D eigenvalue weighted by molar-refractivity contribution is 0.301. The zero-order chi connectivity index (χ0) is 13.8. The van der Waals surface area contributed by atoms with E-state index in [9.17, 15) is 0 Å². The summed E-state index contributed by atoms with van der Waals surface area (Å²) in [7, 11) is 1.63. The standard InChI is InChI=1S/C16H19NO2/c1-11-5-4-6-12(2)16(11)19-10-13-7-14(17)9-15(8-13)18-3/h4-9H,10,17H2,1-3H3. The lowest BCUT2D eigenvalue weighted by atomic mass is 10.1. The lowest BCUT2D eigenvalue weighted by Crippen LogP contribution is -2.00. The number of aryl methyl sites for hydroxylation is 2. The van der Waals surface area contributed by atoms with Crippen LogP contribution in [0.15, 0.2) is 36.4 Å². The van der Waals surface area contributed by atoms with Gasteiger partial charge in [-0.05, 0) is 42.7 Å². The number of rotatable bonds is 4. The molecule has 2 rings (SSSR count). The van der Waals surface area contributed by atoms with E-state index in [1.165, 1.54) is 0 Å². The number of para-hydroxylation sites is 1. The number of hydrogen-bond donors (Lipinski definition) is 1. The highest BCUT2D eigenvalue weighted by Gasteiger charge is 2.05. The van der Waals surface area contributed by atoms with E-state index in [0.717, 1.165) is 28.2 Å². The Morgan fingerprint density at radius 2 is 1.74 bits per heavy atom. The van der Waals surface area contributed by atoms with Gasteiger partial charge in [-0.25, -0.2) is 0 Å². The summed E-state index contributed by atoms with van der Waals surface area (Å²) >= 11 is 0. The molecule has 0 radical (unpaired) electrons. The second-order valence-electron chi connectivity index (χ2n) is 4.62. The minimum absolute atomic E-state index is 0.479. The Kier molecular flexibility index (Phi) is 3.95. The zero-order valence-corrected chi connectivity index (χ0v) is 11.6. The molecule has 0 atom stereocenters. The van der Waals surface area contributed by atoms with Crippen LogP contribution < -0.4 is 15.2 Å². The quantitative estimate of drug-likeness (QED) is 0.853. The van der Waals surface area contributed by atoms with Crippen LogP contribution in [0.3, 0.4) is 0 Å². The lowest BCUT2D eigenvalue weighted by Gasteiger charge is -2.13. The number of nitrogen functional groups attached to an aromatic ring is 1. The molecule has 0 amide bonds. The highest BCUT2D eigenvalue weighted by Crippen LogP contribution is 2.25. The largest absolute Gasteiger partial charge is 0.497 e. The van der Waals surface area contributed by atoms with Gasteiger partial charge in [-0.2, -0.15) is 0 Å². The first-order valence-electron chi connectivity index (χ1n) is 6.22. The average molecular weight is 257 g/mol. The summed E-state index contributed by atoms with van der Waals surface area (Å²) in [6.45, 7) is 4.57. The molecule has 2 N–H and O–H groups in total. The third-order valence-corrected chi connectivity index (χ3v) is 3.02. The fourth-order valence-corrected chi connectivity index (χ4v) is 2.07. The monoisotopic (exact) mass is 257 g/mol. The number of ether oxygens (including phenoxy) is 2. The average Bonchev–Trinajstić information content (AvgIpc) is 2.37. The van der Waals surface area contributed by atoms with E-state index < -0.39 is 0 Å². The summed E-state index contributed by atoms with van der Waals surface area (Å²) in [4.78, 5) is 0. The zero-order valence-electron chi connectivity index (χ0n) is 11.6. The summed E-state index contributed by atoms with van der Waals surface area (Å²) in [6, 6.07) is 11.7. The maximum absolute atomic E-state index is 5.90. The van der Waals surface area contributed by atoms with Crippen LogP contribution in [0.1, 0.15) is 16.7 Å². The normalized spacial score (nSPS) is 10.3. The molecule has 2 aromatic rings. The van der Waals surface area contributed by atoms with Gasteiger partial charge in [0.1, 0.15) is 18.1 Å². The van der Waals surface area contributed by atoms with Crippen molar-refractivity contribution in [2.45, 2.75) is 20.5 Å². The van der Waals surface area contributed by atoms with E-state index in [1.54, 1.807) is 13.2 Å². The molecule has 0 aromatic heterocycles. The molecule has 0 unspecified atom stereocenters. The van der Waals surface area contributed by atoms with Crippen molar-refractivity contribution in [1.29, 1.82) is 0 Å². The molecule has 19 heavy (non-hydrogen) atoms. The summed E-state index contributed by atoms with van der Waals surface area (Å²) in [5.74, 6) is 1.68. The summed E-state index contributed by atoms with van der Waals surface area (Å²) in [5.41, 5.74) is 9.78. The fraction of sp³-hybridized carbons (Fsp3) is 0.250. The molecule has 3 heteroatoms. The Labute approximate surface area is 114 Å². The van der Waals surface area contributed by atoms with E-state index in [1.807, 2.05) is 44.2 Å². The van der Waals surface area contributed by atoms with Gasteiger partial charge in [0.25, 0.3) is 0 Å². The van der Waals surface area contributed by atoms with Gasteiger partial charge in [0.2, 0.25) is 0 Å². The van der Waals surface area contributed by atoms with Crippen molar-refractivity contribution >= 4 is 5.69 Å². The van der Waals surface area contributed by atoms with E-state index in [-0.39, 0.29) is 0 Å². The molecule has 0 aliphatic carbocycles. The maximum Gasteiger partial charge on any atom is 0.125 e. The van der Waals surface area contributed by atoms with Crippen LogP contribution in [0.5, 0.6) is 11.5 Å². The summed E-state index contributed by atoms with van der Waals surface area (Å²) in [5, 5.41) is 0. The first-order valence-corrected chi connectivity index (χ1v) is 6.22.